The Morgan fingerprint density at radius 1 is 0.891 bits per heavy atom. The number of urea groups is 2. The van der Waals surface area contributed by atoms with Crippen LogP contribution in [0.1, 0.15) is 50.7 Å². The lowest BCUT2D eigenvalue weighted by molar-refractivity contribution is -0.123. The molecule has 22 heteroatoms. The molecule has 2 fully saturated rings. The van der Waals surface area contributed by atoms with Crippen LogP contribution < -0.4 is 15.3 Å². The van der Waals surface area contributed by atoms with Crippen molar-refractivity contribution in [1.82, 2.24) is 25.3 Å². The van der Waals surface area contributed by atoms with E-state index in [0.717, 1.165) is 23.1 Å². The summed E-state index contributed by atoms with van der Waals surface area (Å²) in [4.78, 5) is 69.0. The second-order valence-corrected chi connectivity index (χ2v) is 13.5. The molecule has 0 aromatic heterocycles. The summed E-state index contributed by atoms with van der Waals surface area (Å²) in [6.45, 7) is -0.0433. The molecule has 3 aromatic rings. The highest BCUT2D eigenvalue weighted by Gasteiger charge is 2.43. The van der Waals surface area contributed by atoms with Gasteiger partial charge in [-0.25, -0.2) is 32.5 Å². The molecule has 0 spiro atoms. The summed E-state index contributed by atoms with van der Waals surface area (Å²) in [5.41, 5.74) is -1.86. The van der Waals surface area contributed by atoms with Gasteiger partial charge >= 0.3 is 25.1 Å². The normalized spacial score (nSPS) is 17.8. The summed E-state index contributed by atoms with van der Waals surface area (Å²) in [7, 11) is -1.96. The smallest absolute Gasteiger partial charge is 0.534 e. The number of nitrogens with one attached hydrogen (secondary N) is 2. The maximum absolute atomic E-state index is 14.7. The number of aromatic carboxylic acids is 1. The first-order valence-corrected chi connectivity index (χ1v) is 17.2. The Balaban J connectivity index is 1.17. The highest BCUT2D eigenvalue weighted by Crippen LogP contribution is 2.41. The zero-order valence-electron chi connectivity index (χ0n) is 28.1. The number of phenolic OH excluding ortho intramolecular Hbond substituents is 3. The summed E-state index contributed by atoms with van der Waals surface area (Å²) in [6.07, 6.45) is 0.118. The predicted octanol–water partition coefficient (Wildman–Crippen LogP) is 3.16. The molecule has 3 heterocycles. The molecule has 0 saturated carbocycles. The fourth-order valence-corrected chi connectivity index (χ4v) is 7.19. The molecule has 3 aliphatic heterocycles. The number of nitrogens with zero attached hydrogens (tertiary/aromatic N) is 3. The Bertz CT molecular complexity index is 2130. The molecular formula is C33H29BCl2F3N5O11. The number of carboxylic acid groups (broad SMARTS) is 1. The number of imide groups is 1. The van der Waals surface area contributed by atoms with Gasteiger partial charge in [0.1, 0.15) is 34.7 Å². The first-order chi connectivity index (χ1) is 26.0. The van der Waals surface area contributed by atoms with Crippen LogP contribution in [-0.2, 0) is 11.2 Å². The van der Waals surface area contributed by atoms with E-state index in [1.54, 1.807) is 0 Å². The third kappa shape index (κ3) is 7.31. The lowest BCUT2D eigenvalue weighted by Crippen LogP contribution is -2.56. The number of aromatic hydroxyl groups is 3. The van der Waals surface area contributed by atoms with E-state index in [9.17, 15) is 62.6 Å². The van der Waals surface area contributed by atoms with Crippen molar-refractivity contribution >= 4 is 60.2 Å². The van der Waals surface area contributed by atoms with E-state index in [2.05, 4.69) is 10.6 Å². The number of benzene rings is 3. The molecular weight excluding hydrogens is 781 g/mol. The lowest BCUT2D eigenvalue weighted by Gasteiger charge is -2.36. The molecule has 0 aliphatic carbocycles. The standard InChI is InChI=1S/C33H29BCl2F3N5O11/c35-23-15(12-18(39)26(46)27(23)47)25(29(48)40-20-11-13-1-2-17(38)22(31(50)51)28(13)55-34(20)54)41-32(52)44-10-9-43(33(44)53)14-5-7-42(8-6-14)30(49)21-16(37)3-4-19(45)24(21)36/h1-4,12,14,20,25,45-47,54H,5-11H2,(H,40,48)(H,41,52)(H,50,51)/t20-,25?/m0/s1. The van der Waals surface area contributed by atoms with Gasteiger partial charge in [0.05, 0.1) is 21.5 Å². The highest BCUT2D eigenvalue weighted by atomic mass is 35.5. The van der Waals surface area contributed by atoms with Crippen LogP contribution in [0.2, 0.25) is 10.0 Å². The fraction of sp³-hybridized carbons (Fsp3) is 0.303. The largest absolute Gasteiger partial charge is 0.547 e. The number of phenols is 3. The van der Waals surface area contributed by atoms with E-state index in [1.807, 2.05) is 0 Å². The number of piperidine rings is 1. The van der Waals surface area contributed by atoms with Gasteiger partial charge in [-0.2, -0.15) is 0 Å². The number of likely N-dealkylation sites (tertiary alicyclic amines) is 1. The van der Waals surface area contributed by atoms with E-state index in [0.29, 0.717) is 6.07 Å². The van der Waals surface area contributed by atoms with Gasteiger partial charge in [-0.1, -0.05) is 29.3 Å². The maximum atomic E-state index is 14.7. The second kappa shape index (κ2) is 15.3. The number of halogens is 5. The Labute approximate surface area is 318 Å². The van der Waals surface area contributed by atoms with Gasteiger partial charge in [-0.05, 0) is 49.1 Å². The highest BCUT2D eigenvalue weighted by molar-refractivity contribution is 6.47. The number of hydrogen-bond donors (Lipinski definition) is 7. The number of carbonyl (C=O) groups is 5. The van der Waals surface area contributed by atoms with Crippen LogP contribution in [-0.4, -0.2) is 115 Å². The van der Waals surface area contributed by atoms with Gasteiger partial charge in [0.25, 0.3) is 5.91 Å². The van der Waals surface area contributed by atoms with Crippen LogP contribution in [0.15, 0.2) is 30.3 Å². The Kier molecular flexibility index (Phi) is 10.9. The van der Waals surface area contributed by atoms with E-state index >= 15 is 0 Å². The van der Waals surface area contributed by atoms with Crippen molar-refractivity contribution in [2.75, 3.05) is 26.2 Å². The van der Waals surface area contributed by atoms with E-state index in [1.165, 1.54) is 15.9 Å². The third-order valence-electron chi connectivity index (χ3n) is 9.55. The Hall–Kier alpha value is -5.60. The fourth-order valence-electron chi connectivity index (χ4n) is 6.70. The van der Waals surface area contributed by atoms with E-state index in [-0.39, 0.29) is 51.0 Å². The van der Waals surface area contributed by atoms with Crippen molar-refractivity contribution in [3.05, 3.63) is 80.1 Å². The predicted molar refractivity (Wildman–Crippen MR) is 184 cm³/mol. The number of rotatable bonds is 7. The molecule has 6 amide bonds. The zero-order valence-corrected chi connectivity index (χ0v) is 29.6. The van der Waals surface area contributed by atoms with Crippen LogP contribution in [0.25, 0.3) is 0 Å². The SMILES string of the molecule is O=C(O)c1c(F)ccc2c1OB(O)[C@@H](NC(=O)C(NC(=O)N1CCN(C3CCN(C(=O)c4c(F)ccc(O)c4Cl)CC3)C1=O)c1cc(F)c(O)c(O)c1Cl)C2. The van der Waals surface area contributed by atoms with Crippen LogP contribution in [0.3, 0.4) is 0 Å². The molecule has 290 valence electrons. The van der Waals surface area contributed by atoms with Gasteiger partial charge in [0, 0.05) is 37.8 Å². The number of fused-ring (bicyclic) bond motifs is 1. The number of amides is 6. The van der Waals surface area contributed by atoms with Crippen molar-refractivity contribution < 1.29 is 67.2 Å². The average molecular weight is 810 g/mol. The van der Waals surface area contributed by atoms with Crippen molar-refractivity contribution in [3.8, 4) is 23.0 Å². The zero-order chi connectivity index (χ0) is 40.0. The third-order valence-corrected chi connectivity index (χ3v) is 10.3. The minimum Gasteiger partial charge on any atom is -0.534 e. The topological polar surface area (TPSA) is 230 Å². The molecule has 0 bridgehead atoms. The molecule has 0 radical (unpaired) electrons. The van der Waals surface area contributed by atoms with Crippen molar-refractivity contribution in [3.63, 3.8) is 0 Å². The van der Waals surface area contributed by atoms with Gasteiger partial charge < -0.3 is 50.5 Å². The molecule has 3 aromatic carbocycles. The lowest BCUT2D eigenvalue weighted by atomic mass is 9.72. The second-order valence-electron chi connectivity index (χ2n) is 12.8. The minimum atomic E-state index is -2.00. The first kappa shape index (κ1) is 39.1. The molecule has 3 aliphatic rings. The quantitative estimate of drug-likeness (QED) is 0.135. The van der Waals surface area contributed by atoms with Crippen LogP contribution >= 0.6 is 23.2 Å². The first-order valence-electron chi connectivity index (χ1n) is 16.4. The van der Waals surface area contributed by atoms with Crippen molar-refractivity contribution in [2.24, 2.45) is 0 Å². The van der Waals surface area contributed by atoms with E-state index < -0.39 is 122 Å². The summed E-state index contributed by atoms with van der Waals surface area (Å²) >= 11 is 12.1. The summed E-state index contributed by atoms with van der Waals surface area (Å²) in [5.74, 6) is -11.9. The minimum absolute atomic E-state index is 0.0219. The molecule has 55 heavy (non-hydrogen) atoms. The number of carboxylic acids is 1. The van der Waals surface area contributed by atoms with Gasteiger partial charge in [0.15, 0.2) is 17.3 Å². The van der Waals surface area contributed by atoms with Crippen molar-refractivity contribution in [1.29, 1.82) is 0 Å². The number of carbonyl (C=O) groups excluding carboxylic acids is 4. The Morgan fingerprint density at radius 3 is 2.22 bits per heavy atom. The molecule has 2 saturated heterocycles. The Morgan fingerprint density at radius 2 is 1.55 bits per heavy atom. The van der Waals surface area contributed by atoms with Gasteiger partial charge in [0.2, 0.25) is 5.91 Å². The summed E-state index contributed by atoms with van der Waals surface area (Å²) in [6, 6.07) is 0.0188. The molecule has 6 rings (SSSR count). The average Bonchev–Trinajstić information content (AvgIpc) is 3.54. The summed E-state index contributed by atoms with van der Waals surface area (Å²) in [5, 5.41) is 53.5. The maximum Gasteiger partial charge on any atom is 0.547 e. The van der Waals surface area contributed by atoms with E-state index in [4.69, 9.17) is 27.9 Å². The van der Waals surface area contributed by atoms with Crippen LogP contribution in [0, 0.1) is 17.5 Å². The van der Waals surface area contributed by atoms with Gasteiger partial charge in [-0.15, -0.1) is 0 Å². The monoisotopic (exact) mass is 809 g/mol. The van der Waals surface area contributed by atoms with Crippen LogP contribution in [0.4, 0.5) is 22.8 Å². The van der Waals surface area contributed by atoms with Gasteiger partial charge in [-0.3, -0.25) is 9.59 Å². The molecule has 7 N–H and O–H groups in total. The summed E-state index contributed by atoms with van der Waals surface area (Å²) < 4.78 is 48.6. The number of hydrogen-bond acceptors (Lipinski definition) is 10. The van der Waals surface area contributed by atoms with Crippen molar-refractivity contribution in [2.45, 2.75) is 37.3 Å². The molecule has 16 nitrogen and oxygen atoms in total. The van der Waals surface area contributed by atoms with Crippen LogP contribution in [0.5, 0.6) is 23.0 Å². The molecule has 1 unspecified atom stereocenters. The molecule has 2 atom stereocenters.